The molecule has 0 bridgehead atoms. The Morgan fingerprint density at radius 3 is 2.39 bits per heavy atom. The van der Waals surface area contributed by atoms with Crippen LogP contribution >= 0.6 is 0 Å². The first kappa shape index (κ1) is 28.7. The number of hydrogen-bond acceptors (Lipinski definition) is 8. The molecule has 1 aliphatic heterocycles. The molecular formula is C27H36N4O7. The van der Waals surface area contributed by atoms with E-state index in [4.69, 9.17) is 9.47 Å². The highest BCUT2D eigenvalue weighted by molar-refractivity contribution is 6.00. The summed E-state index contributed by atoms with van der Waals surface area (Å²) in [6.07, 6.45) is -0.519. The number of carbonyl (C=O) groups excluding carboxylic acids is 4. The lowest BCUT2D eigenvalue weighted by Gasteiger charge is -2.36. The highest BCUT2D eigenvalue weighted by atomic mass is 16.6. The lowest BCUT2D eigenvalue weighted by Crippen LogP contribution is -2.56. The summed E-state index contributed by atoms with van der Waals surface area (Å²) in [5.41, 5.74) is 0.519. The summed E-state index contributed by atoms with van der Waals surface area (Å²) in [4.78, 5) is 58.4. The Labute approximate surface area is 222 Å². The fraction of sp³-hybridized carbons (Fsp3) is 0.519. The number of fused-ring (bicyclic) bond motifs is 1. The van der Waals surface area contributed by atoms with Gasteiger partial charge in [-0.25, -0.2) is 9.78 Å². The van der Waals surface area contributed by atoms with Crippen molar-refractivity contribution >= 4 is 34.8 Å². The summed E-state index contributed by atoms with van der Waals surface area (Å²) in [5, 5.41) is 13.8. The normalized spacial score (nSPS) is 14.7. The number of carbonyl (C=O) groups is 4. The standard InChI is InChI=1S/C27H36N4O7/c1-6-37-26(36)31-14-12-30(13-15-31)25(35)19(10-11-22(33)38-27(3,4)5)29-24(34)20-16-21(32)23-17(2)8-7-9-18(23)28-20/h7-9,16,19H,6,10-15H2,1-5H3,(H,28,32)(H,29,34)/t19-/m0/s1. The van der Waals surface area contributed by atoms with Crippen molar-refractivity contribution in [3.63, 3.8) is 0 Å². The summed E-state index contributed by atoms with van der Waals surface area (Å²) in [5.74, 6) is -1.62. The average Bonchev–Trinajstić information content (AvgIpc) is 2.85. The Kier molecular flexibility index (Phi) is 9.13. The van der Waals surface area contributed by atoms with Crippen LogP contribution in [0.25, 0.3) is 10.9 Å². The van der Waals surface area contributed by atoms with E-state index in [9.17, 15) is 24.3 Å². The second-order valence-electron chi connectivity index (χ2n) is 10.2. The number of nitrogens with zero attached hydrogens (tertiary/aromatic N) is 3. The van der Waals surface area contributed by atoms with Gasteiger partial charge in [-0.2, -0.15) is 0 Å². The molecule has 2 aromatic rings. The van der Waals surface area contributed by atoms with Crippen molar-refractivity contribution in [1.29, 1.82) is 0 Å². The van der Waals surface area contributed by atoms with Crippen LogP contribution in [0.4, 0.5) is 4.79 Å². The number of benzene rings is 1. The summed E-state index contributed by atoms with van der Waals surface area (Å²) in [7, 11) is 0. The van der Waals surface area contributed by atoms with Gasteiger partial charge in [0.25, 0.3) is 5.91 Å². The number of piperazine rings is 1. The molecule has 206 valence electrons. The summed E-state index contributed by atoms with van der Waals surface area (Å²) >= 11 is 0. The molecule has 2 heterocycles. The Morgan fingerprint density at radius 1 is 1.11 bits per heavy atom. The minimum absolute atomic E-state index is 0.0102. The molecule has 11 nitrogen and oxygen atoms in total. The topological polar surface area (TPSA) is 138 Å². The second kappa shape index (κ2) is 12.1. The maximum absolute atomic E-state index is 13.4. The number of pyridine rings is 1. The molecule has 1 aliphatic rings. The van der Waals surface area contributed by atoms with E-state index in [1.165, 1.54) is 11.0 Å². The van der Waals surface area contributed by atoms with Gasteiger partial charge in [-0.3, -0.25) is 14.4 Å². The second-order valence-corrected chi connectivity index (χ2v) is 10.2. The molecule has 3 rings (SSSR count). The quantitative estimate of drug-likeness (QED) is 0.523. The minimum atomic E-state index is -1.04. The number of aromatic nitrogens is 1. The van der Waals surface area contributed by atoms with Crippen LogP contribution in [0.2, 0.25) is 0 Å². The molecule has 0 radical (unpaired) electrons. The number of aromatic hydroxyl groups is 1. The molecule has 2 N–H and O–H groups in total. The van der Waals surface area contributed by atoms with Gasteiger partial charge in [0, 0.05) is 44.1 Å². The molecule has 1 aromatic carbocycles. The molecule has 3 amide bonds. The Morgan fingerprint density at radius 2 is 1.76 bits per heavy atom. The first-order valence-corrected chi connectivity index (χ1v) is 12.7. The van der Waals surface area contributed by atoms with Crippen molar-refractivity contribution in [2.24, 2.45) is 0 Å². The zero-order chi connectivity index (χ0) is 28.0. The van der Waals surface area contributed by atoms with Crippen LogP contribution in [0.1, 0.15) is 56.6 Å². The summed E-state index contributed by atoms with van der Waals surface area (Å²) in [6.45, 7) is 10.1. The molecule has 0 saturated carbocycles. The number of nitrogens with one attached hydrogen (secondary N) is 1. The van der Waals surface area contributed by atoms with Gasteiger partial charge in [-0.15, -0.1) is 0 Å². The molecule has 0 spiro atoms. The third-order valence-corrected chi connectivity index (χ3v) is 6.03. The van der Waals surface area contributed by atoms with E-state index in [2.05, 4.69) is 10.3 Å². The van der Waals surface area contributed by atoms with Crippen LogP contribution in [0.3, 0.4) is 0 Å². The monoisotopic (exact) mass is 528 g/mol. The Balaban J connectivity index is 1.77. The largest absolute Gasteiger partial charge is 0.507 e. The molecule has 0 unspecified atom stereocenters. The maximum atomic E-state index is 13.4. The van der Waals surface area contributed by atoms with E-state index in [0.717, 1.165) is 5.56 Å². The van der Waals surface area contributed by atoms with Gasteiger partial charge < -0.3 is 29.7 Å². The minimum Gasteiger partial charge on any atom is -0.507 e. The average molecular weight is 529 g/mol. The number of ether oxygens (including phenoxy) is 2. The third kappa shape index (κ3) is 7.33. The van der Waals surface area contributed by atoms with E-state index in [-0.39, 0.29) is 63.0 Å². The Hall–Kier alpha value is -3.89. The van der Waals surface area contributed by atoms with Crippen molar-refractivity contribution in [3.8, 4) is 5.75 Å². The van der Waals surface area contributed by atoms with E-state index < -0.39 is 29.6 Å². The van der Waals surface area contributed by atoms with E-state index in [1.807, 2.05) is 13.0 Å². The van der Waals surface area contributed by atoms with Gasteiger partial charge in [-0.1, -0.05) is 12.1 Å². The first-order chi connectivity index (χ1) is 17.9. The first-order valence-electron chi connectivity index (χ1n) is 12.7. The zero-order valence-electron chi connectivity index (χ0n) is 22.6. The summed E-state index contributed by atoms with van der Waals surface area (Å²) in [6, 6.07) is 5.51. The molecule has 0 aliphatic carbocycles. The summed E-state index contributed by atoms with van der Waals surface area (Å²) < 4.78 is 10.4. The van der Waals surface area contributed by atoms with E-state index in [1.54, 1.807) is 44.7 Å². The predicted molar refractivity (Wildman–Crippen MR) is 140 cm³/mol. The van der Waals surface area contributed by atoms with Gasteiger partial charge in [-0.05, 0) is 52.7 Å². The van der Waals surface area contributed by atoms with Crippen molar-refractivity contribution in [3.05, 3.63) is 35.5 Å². The lowest BCUT2D eigenvalue weighted by molar-refractivity contribution is -0.155. The van der Waals surface area contributed by atoms with Crippen molar-refractivity contribution < 1.29 is 33.8 Å². The van der Waals surface area contributed by atoms with Gasteiger partial charge in [0.15, 0.2) is 0 Å². The van der Waals surface area contributed by atoms with Crippen LogP contribution in [0, 0.1) is 6.92 Å². The van der Waals surface area contributed by atoms with Gasteiger partial charge in [0.05, 0.1) is 12.1 Å². The SMILES string of the molecule is CCOC(=O)N1CCN(C(=O)[C@H](CCC(=O)OC(C)(C)C)NC(=O)c2cc(O)c3c(C)cccc3n2)CC1. The fourth-order valence-corrected chi connectivity index (χ4v) is 4.25. The molecule has 1 fully saturated rings. The van der Waals surface area contributed by atoms with E-state index >= 15 is 0 Å². The highest BCUT2D eigenvalue weighted by Crippen LogP contribution is 2.27. The molecule has 1 aromatic heterocycles. The van der Waals surface area contributed by atoms with Crippen LogP contribution in [-0.2, 0) is 19.1 Å². The number of amides is 3. The van der Waals surface area contributed by atoms with Crippen LogP contribution in [0.15, 0.2) is 24.3 Å². The number of esters is 1. The predicted octanol–water partition coefficient (Wildman–Crippen LogP) is 2.77. The fourth-order valence-electron chi connectivity index (χ4n) is 4.25. The van der Waals surface area contributed by atoms with Crippen LogP contribution < -0.4 is 5.32 Å². The van der Waals surface area contributed by atoms with Gasteiger partial charge in [0.2, 0.25) is 5.91 Å². The molecular weight excluding hydrogens is 492 g/mol. The maximum Gasteiger partial charge on any atom is 0.409 e. The van der Waals surface area contributed by atoms with Gasteiger partial charge >= 0.3 is 12.1 Å². The van der Waals surface area contributed by atoms with Crippen LogP contribution in [-0.4, -0.2) is 88.2 Å². The number of rotatable bonds is 7. The number of hydrogen-bond donors (Lipinski definition) is 2. The Bertz CT molecular complexity index is 1200. The zero-order valence-corrected chi connectivity index (χ0v) is 22.6. The third-order valence-electron chi connectivity index (χ3n) is 6.03. The van der Waals surface area contributed by atoms with Crippen LogP contribution in [0.5, 0.6) is 5.75 Å². The molecule has 1 atom stereocenters. The van der Waals surface area contributed by atoms with Gasteiger partial charge in [0.1, 0.15) is 23.1 Å². The molecule has 38 heavy (non-hydrogen) atoms. The number of aryl methyl sites for hydroxylation is 1. The van der Waals surface area contributed by atoms with Crippen molar-refractivity contribution in [2.45, 2.75) is 59.1 Å². The molecule has 1 saturated heterocycles. The van der Waals surface area contributed by atoms with Crippen molar-refractivity contribution in [2.75, 3.05) is 32.8 Å². The smallest absolute Gasteiger partial charge is 0.409 e. The van der Waals surface area contributed by atoms with E-state index in [0.29, 0.717) is 10.9 Å². The highest BCUT2D eigenvalue weighted by Gasteiger charge is 2.32. The van der Waals surface area contributed by atoms with Crippen molar-refractivity contribution in [1.82, 2.24) is 20.1 Å². The lowest BCUT2D eigenvalue weighted by atomic mass is 10.1. The molecule has 11 heteroatoms.